The highest BCUT2D eigenvalue weighted by molar-refractivity contribution is 5.76. The Hall–Kier alpha value is -0.910. The minimum atomic E-state index is -0.740. The predicted octanol–water partition coefficient (Wildman–Crippen LogP) is 5.69. The summed E-state index contributed by atoms with van der Waals surface area (Å²) in [5, 5.41) is 31.8. The number of carboxylic acid groups (broad SMARTS) is 1. The van der Waals surface area contributed by atoms with Crippen molar-refractivity contribution in [1.29, 1.82) is 0 Å². The second kappa shape index (κ2) is 8.29. The quantitative estimate of drug-likeness (QED) is 0.432. The lowest BCUT2D eigenvalue weighted by Crippen LogP contribution is -2.68. The molecular weight excluding hydrogens is 452 g/mol. The number of allylic oxidation sites excluding steroid dienone is 1. The number of fused-ring (bicyclic) bond motifs is 7. The fourth-order valence-electron chi connectivity index (χ4n) is 11.3. The average Bonchev–Trinajstić information content (AvgIpc) is 2.82. The Morgan fingerprint density at radius 2 is 1.72 bits per heavy atom. The molecule has 0 aromatic heterocycles. The Balaban J connectivity index is 1.68. The van der Waals surface area contributed by atoms with E-state index in [2.05, 4.69) is 47.6 Å². The summed E-state index contributed by atoms with van der Waals surface area (Å²) >= 11 is 0. The van der Waals surface area contributed by atoms with Gasteiger partial charge in [0, 0.05) is 19.6 Å². The molecule has 5 aliphatic rings. The number of hydrogen-bond acceptors (Lipinski definition) is 4. The standard InChI is InChI=1S/C31H50O5/c1-18-19(17-32)8-13-31(26(34)35)15-14-29(5)20(24(18)31)16-21(36-7)25-28(4)11-10-23(33)27(2,3)22(28)9-12-30(25,29)6/h16,18-19,21-25,32-33H,8-15,17H2,1-7H3,(H,34,35)/t18-,19-,21-,22-,23-,24-,25+,28-,29+,30+,31-/m0/s1. The highest BCUT2D eigenvalue weighted by Gasteiger charge is 2.71. The molecule has 5 heteroatoms. The summed E-state index contributed by atoms with van der Waals surface area (Å²) in [6.45, 7) is 14.2. The largest absolute Gasteiger partial charge is 0.481 e. The van der Waals surface area contributed by atoms with Gasteiger partial charge in [0.05, 0.1) is 17.6 Å². The molecule has 4 fully saturated rings. The molecule has 0 aromatic rings. The van der Waals surface area contributed by atoms with Gasteiger partial charge in [0.25, 0.3) is 0 Å². The molecule has 3 N–H and O–H groups in total. The van der Waals surface area contributed by atoms with Crippen LogP contribution < -0.4 is 0 Å². The molecule has 0 unspecified atom stereocenters. The van der Waals surface area contributed by atoms with Crippen molar-refractivity contribution < 1.29 is 24.9 Å². The maximum atomic E-state index is 12.9. The van der Waals surface area contributed by atoms with Crippen molar-refractivity contribution in [3.8, 4) is 0 Å². The zero-order chi connectivity index (χ0) is 26.5. The van der Waals surface area contributed by atoms with Crippen LogP contribution in [0.3, 0.4) is 0 Å². The number of carbonyl (C=O) groups is 1. The first-order valence-electron chi connectivity index (χ1n) is 14.5. The molecule has 5 aliphatic carbocycles. The van der Waals surface area contributed by atoms with E-state index in [9.17, 15) is 20.1 Å². The predicted molar refractivity (Wildman–Crippen MR) is 140 cm³/mol. The maximum Gasteiger partial charge on any atom is 0.310 e. The normalized spacial score (nSPS) is 53.8. The van der Waals surface area contributed by atoms with Crippen LogP contribution >= 0.6 is 0 Å². The number of aliphatic hydroxyl groups excluding tert-OH is 2. The van der Waals surface area contributed by atoms with Gasteiger partial charge >= 0.3 is 5.97 Å². The Morgan fingerprint density at radius 1 is 1.03 bits per heavy atom. The number of hydrogen-bond donors (Lipinski definition) is 3. The molecule has 0 bridgehead atoms. The van der Waals surface area contributed by atoms with Gasteiger partial charge in [-0.3, -0.25) is 4.79 Å². The molecule has 11 atom stereocenters. The van der Waals surface area contributed by atoms with Crippen LogP contribution in [0, 0.1) is 56.7 Å². The summed E-state index contributed by atoms with van der Waals surface area (Å²) in [5.74, 6) is 0.297. The van der Waals surface area contributed by atoms with Crippen molar-refractivity contribution in [2.45, 2.75) is 105 Å². The van der Waals surface area contributed by atoms with Crippen LogP contribution in [-0.2, 0) is 9.53 Å². The molecule has 204 valence electrons. The number of rotatable bonds is 3. The van der Waals surface area contributed by atoms with Gasteiger partial charge in [-0.1, -0.05) is 53.2 Å². The first-order chi connectivity index (χ1) is 16.7. The lowest BCUT2D eigenvalue weighted by molar-refractivity contribution is -0.230. The second-order valence-electron chi connectivity index (χ2n) is 14.8. The van der Waals surface area contributed by atoms with Crippen LogP contribution in [-0.4, -0.2) is 47.2 Å². The summed E-state index contributed by atoms with van der Waals surface area (Å²) in [6.07, 6.45) is 9.09. The topological polar surface area (TPSA) is 87.0 Å². The molecule has 4 saturated carbocycles. The summed E-state index contributed by atoms with van der Waals surface area (Å²) in [6, 6.07) is 0. The van der Waals surface area contributed by atoms with Crippen molar-refractivity contribution in [3.05, 3.63) is 11.6 Å². The number of methoxy groups -OCH3 is 1. The van der Waals surface area contributed by atoms with Gasteiger partial charge in [-0.15, -0.1) is 0 Å². The van der Waals surface area contributed by atoms with Gasteiger partial charge in [0.1, 0.15) is 0 Å². The Labute approximate surface area is 218 Å². The van der Waals surface area contributed by atoms with Crippen molar-refractivity contribution in [1.82, 2.24) is 0 Å². The minimum Gasteiger partial charge on any atom is -0.481 e. The molecule has 0 saturated heterocycles. The Bertz CT molecular complexity index is 941. The van der Waals surface area contributed by atoms with E-state index in [1.54, 1.807) is 0 Å². The number of aliphatic hydroxyl groups is 2. The van der Waals surface area contributed by atoms with E-state index in [0.717, 1.165) is 38.5 Å². The van der Waals surface area contributed by atoms with Gasteiger partial charge < -0.3 is 20.1 Å². The third-order valence-corrected chi connectivity index (χ3v) is 13.6. The van der Waals surface area contributed by atoms with Crippen LogP contribution in [0.2, 0.25) is 0 Å². The van der Waals surface area contributed by atoms with Crippen LogP contribution in [0.1, 0.15) is 92.9 Å². The number of aliphatic carboxylic acids is 1. The van der Waals surface area contributed by atoms with Crippen molar-refractivity contribution in [3.63, 3.8) is 0 Å². The van der Waals surface area contributed by atoms with E-state index in [1.807, 2.05) is 7.11 Å². The summed E-state index contributed by atoms with van der Waals surface area (Å²) in [7, 11) is 1.83. The highest BCUT2D eigenvalue weighted by Crippen LogP contribution is 2.76. The van der Waals surface area contributed by atoms with Gasteiger partial charge in [-0.25, -0.2) is 0 Å². The molecule has 0 heterocycles. The molecule has 36 heavy (non-hydrogen) atoms. The summed E-state index contributed by atoms with van der Waals surface area (Å²) in [4.78, 5) is 12.9. The van der Waals surface area contributed by atoms with Crippen LogP contribution in [0.4, 0.5) is 0 Å². The number of ether oxygens (including phenoxy) is 1. The molecule has 5 nitrogen and oxygen atoms in total. The van der Waals surface area contributed by atoms with Gasteiger partial charge in [0.15, 0.2) is 0 Å². The van der Waals surface area contributed by atoms with Crippen molar-refractivity contribution in [2.24, 2.45) is 56.7 Å². The zero-order valence-electron chi connectivity index (χ0n) is 23.6. The van der Waals surface area contributed by atoms with Crippen molar-refractivity contribution in [2.75, 3.05) is 13.7 Å². The third-order valence-electron chi connectivity index (χ3n) is 13.6. The Morgan fingerprint density at radius 3 is 2.33 bits per heavy atom. The van der Waals surface area contributed by atoms with E-state index in [1.165, 1.54) is 5.57 Å². The molecule has 0 aromatic carbocycles. The second-order valence-corrected chi connectivity index (χ2v) is 14.8. The van der Waals surface area contributed by atoms with E-state index < -0.39 is 11.4 Å². The highest BCUT2D eigenvalue weighted by atomic mass is 16.5. The van der Waals surface area contributed by atoms with Crippen LogP contribution in [0.15, 0.2) is 11.6 Å². The fourth-order valence-corrected chi connectivity index (χ4v) is 11.3. The molecule has 0 radical (unpaired) electrons. The van der Waals surface area contributed by atoms with Crippen molar-refractivity contribution >= 4 is 5.97 Å². The smallest absolute Gasteiger partial charge is 0.310 e. The van der Waals surface area contributed by atoms with E-state index in [0.29, 0.717) is 24.7 Å². The average molecular weight is 503 g/mol. The SMILES string of the molecule is CO[C@H]1C=C2[C@@H]3[C@@H](C)[C@H](CO)CC[C@]3(C(=O)O)CC[C@@]2(C)[C@]2(C)CC[C@H]3C(C)(C)[C@@H](O)CC[C@]3(C)[C@@H]12. The molecule has 0 amide bonds. The first kappa shape index (κ1) is 26.7. The van der Waals surface area contributed by atoms with Gasteiger partial charge in [-0.05, 0) is 96.7 Å². The van der Waals surface area contributed by atoms with Crippen LogP contribution in [0.5, 0.6) is 0 Å². The molecule has 5 rings (SSSR count). The Kier molecular flexibility index (Phi) is 6.15. The fraction of sp³-hybridized carbons (Fsp3) is 0.903. The summed E-state index contributed by atoms with van der Waals surface area (Å²) in [5.41, 5.74) is 0.373. The molecule has 0 spiro atoms. The molecular formula is C31H50O5. The monoisotopic (exact) mass is 502 g/mol. The zero-order valence-corrected chi connectivity index (χ0v) is 23.6. The lowest BCUT2D eigenvalue weighted by atomic mass is 9.33. The lowest BCUT2D eigenvalue weighted by Gasteiger charge is -2.72. The van der Waals surface area contributed by atoms with E-state index in [4.69, 9.17) is 4.74 Å². The summed E-state index contributed by atoms with van der Waals surface area (Å²) < 4.78 is 6.35. The number of carboxylic acids is 1. The first-order valence-corrected chi connectivity index (χ1v) is 14.5. The van der Waals surface area contributed by atoms with E-state index >= 15 is 0 Å². The maximum absolute atomic E-state index is 12.9. The van der Waals surface area contributed by atoms with Gasteiger partial charge in [0.2, 0.25) is 0 Å². The van der Waals surface area contributed by atoms with E-state index in [-0.39, 0.29) is 58.2 Å². The minimum absolute atomic E-state index is 0.0159. The molecule has 0 aliphatic heterocycles. The third kappa shape index (κ3) is 3.09. The van der Waals surface area contributed by atoms with Crippen LogP contribution in [0.25, 0.3) is 0 Å². The van der Waals surface area contributed by atoms with Gasteiger partial charge in [-0.2, -0.15) is 0 Å².